The molecule has 0 aromatic carbocycles. The lowest BCUT2D eigenvalue weighted by Gasteiger charge is -2.59. The predicted octanol–water partition coefficient (Wildman–Crippen LogP) is 4.83. The van der Waals surface area contributed by atoms with Crippen LogP contribution in [0.4, 0.5) is 0 Å². The van der Waals surface area contributed by atoms with Gasteiger partial charge in [-0.05, 0) is 92.9 Å². The molecule has 1 unspecified atom stereocenters. The molecule has 1 atom stereocenters. The second-order valence-corrected chi connectivity index (χ2v) is 10.7. The monoisotopic (exact) mass is 432 g/mol. The van der Waals surface area contributed by atoms with Crippen molar-refractivity contribution in [2.24, 2.45) is 23.2 Å². The second kappa shape index (κ2) is 8.27. The molecular weight excluding hydrogens is 404 g/mol. The van der Waals surface area contributed by atoms with Crippen LogP contribution in [0.2, 0.25) is 0 Å². The fourth-order valence-corrected chi connectivity index (χ4v) is 7.38. The van der Waals surface area contributed by atoms with Crippen LogP contribution < -0.4 is 5.32 Å². The van der Waals surface area contributed by atoms with Gasteiger partial charge in [0.15, 0.2) is 0 Å². The third-order valence-electron chi connectivity index (χ3n) is 7.68. The Balaban J connectivity index is 1.24. The van der Waals surface area contributed by atoms with E-state index in [9.17, 15) is 10.1 Å². The smallest absolute Gasteiger partial charge is 0.230 e. The molecule has 4 bridgehead atoms. The molecule has 31 heavy (non-hydrogen) atoms. The number of carbonyl (C=O) groups excluding carboxylic acids is 1. The van der Waals surface area contributed by atoms with Gasteiger partial charge in [-0.25, -0.2) is 4.98 Å². The molecule has 2 aromatic rings. The molecule has 0 aliphatic heterocycles. The van der Waals surface area contributed by atoms with Crippen LogP contribution in [0.25, 0.3) is 11.3 Å². The van der Waals surface area contributed by atoms with E-state index in [1.165, 1.54) is 50.3 Å². The maximum atomic E-state index is 12.8. The largest absolute Gasteiger partial charge is 0.352 e. The zero-order chi connectivity index (χ0) is 21.4. The molecule has 2 aromatic heterocycles. The zero-order valence-electron chi connectivity index (χ0n) is 17.9. The summed E-state index contributed by atoms with van der Waals surface area (Å²) in [4.78, 5) is 21.5. The van der Waals surface area contributed by atoms with Crippen molar-refractivity contribution in [3.8, 4) is 17.3 Å². The Morgan fingerprint density at radius 2 is 1.81 bits per heavy atom. The van der Waals surface area contributed by atoms with Gasteiger partial charge < -0.3 is 5.32 Å². The normalized spacial score (nSPS) is 29.4. The molecule has 4 saturated carbocycles. The van der Waals surface area contributed by atoms with Crippen LogP contribution in [0.5, 0.6) is 0 Å². The Bertz CT molecular complexity index is 981. The Kier molecular flexibility index (Phi) is 5.47. The molecule has 4 aliphatic rings. The number of nitrogens with zero attached hydrogens (tertiary/aromatic N) is 3. The number of aromatic nitrogens is 2. The van der Waals surface area contributed by atoms with E-state index in [-0.39, 0.29) is 17.7 Å². The highest BCUT2D eigenvalue weighted by Gasteiger charge is 2.53. The van der Waals surface area contributed by atoms with E-state index in [0.29, 0.717) is 16.0 Å². The summed E-state index contributed by atoms with van der Waals surface area (Å²) in [5.74, 6) is 2.93. The quantitative estimate of drug-likeness (QED) is 0.662. The summed E-state index contributed by atoms with van der Waals surface area (Å²) < 4.78 is 0. The van der Waals surface area contributed by atoms with Gasteiger partial charge in [-0.2, -0.15) is 5.26 Å². The van der Waals surface area contributed by atoms with Gasteiger partial charge in [-0.3, -0.25) is 9.78 Å². The zero-order valence-corrected chi connectivity index (χ0v) is 18.7. The van der Waals surface area contributed by atoms with Crippen LogP contribution in [0.3, 0.4) is 0 Å². The van der Waals surface area contributed by atoms with Crippen molar-refractivity contribution in [2.75, 3.05) is 5.75 Å². The van der Waals surface area contributed by atoms with E-state index < -0.39 is 0 Å². The van der Waals surface area contributed by atoms with Crippen LogP contribution >= 0.6 is 11.8 Å². The maximum Gasteiger partial charge on any atom is 0.230 e. The second-order valence-electron chi connectivity index (χ2n) is 9.75. The number of amides is 1. The Labute approximate surface area is 188 Å². The number of rotatable bonds is 6. The van der Waals surface area contributed by atoms with Gasteiger partial charge >= 0.3 is 0 Å². The summed E-state index contributed by atoms with van der Waals surface area (Å²) in [6.07, 6.45) is 11.5. The molecule has 0 spiro atoms. The minimum Gasteiger partial charge on any atom is -0.352 e. The lowest BCUT2D eigenvalue weighted by Crippen LogP contribution is -2.56. The van der Waals surface area contributed by atoms with Gasteiger partial charge in [0.25, 0.3) is 0 Å². The summed E-state index contributed by atoms with van der Waals surface area (Å²) in [6.45, 7) is 2.21. The number of pyridine rings is 2. The highest BCUT2D eigenvalue weighted by Crippen LogP contribution is 2.61. The lowest BCUT2D eigenvalue weighted by atomic mass is 9.48. The van der Waals surface area contributed by atoms with Gasteiger partial charge in [0.2, 0.25) is 5.91 Å². The van der Waals surface area contributed by atoms with Gasteiger partial charge in [0, 0.05) is 24.0 Å². The van der Waals surface area contributed by atoms with Gasteiger partial charge in [-0.15, -0.1) is 0 Å². The van der Waals surface area contributed by atoms with E-state index in [2.05, 4.69) is 28.3 Å². The number of hydrogen-bond acceptors (Lipinski definition) is 5. The molecule has 0 saturated heterocycles. The SMILES string of the molecule is CC(NC(=O)CSc1nc(-c2ccncc2)ccc1C#N)C12CC3CC(CC(C3)C1)C2. The van der Waals surface area contributed by atoms with Crippen LogP contribution in [0.15, 0.2) is 41.7 Å². The molecule has 6 rings (SSSR count). The van der Waals surface area contributed by atoms with Gasteiger partial charge in [-0.1, -0.05) is 11.8 Å². The fourth-order valence-electron chi connectivity index (χ4n) is 6.60. The molecule has 6 heteroatoms. The van der Waals surface area contributed by atoms with E-state index in [0.717, 1.165) is 29.0 Å². The van der Waals surface area contributed by atoms with Crippen LogP contribution in [-0.4, -0.2) is 27.7 Å². The molecule has 4 aliphatic carbocycles. The van der Waals surface area contributed by atoms with Crippen molar-refractivity contribution in [1.82, 2.24) is 15.3 Å². The number of hydrogen-bond donors (Lipinski definition) is 1. The van der Waals surface area contributed by atoms with Crippen LogP contribution in [-0.2, 0) is 4.79 Å². The van der Waals surface area contributed by atoms with Crippen LogP contribution in [0, 0.1) is 34.5 Å². The predicted molar refractivity (Wildman–Crippen MR) is 121 cm³/mol. The molecule has 2 heterocycles. The minimum absolute atomic E-state index is 0.0354. The average molecular weight is 433 g/mol. The molecular formula is C25H28N4OS. The van der Waals surface area contributed by atoms with E-state index in [1.54, 1.807) is 18.5 Å². The number of carbonyl (C=O) groups is 1. The summed E-state index contributed by atoms with van der Waals surface area (Å²) in [7, 11) is 0. The first-order chi connectivity index (χ1) is 15.0. The first-order valence-corrected chi connectivity index (χ1v) is 12.3. The fraction of sp³-hybridized carbons (Fsp3) is 0.520. The Morgan fingerprint density at radius 1 is 1.16 bits per heavy atom. The standard InChI is InChI=1S/C25H28N4OS/c1-16(25-11-17-8-18(12-25)10-19(9-17)13-25)28-23(30)15-31-24-21(14-26)2-3-22(29-24)20-4-6-27-7-5-20/h2-7,16-19H,8-13,15H2,1H3,(H,28,30). The first-order valence-electron chi connectivity index (χ1n) is 11.3. The van der Waals surface area contributed by atoms with Gasteiger partial charge in [0.1, 0.15) is 11.1 Å². The maximum absolute atomic E-state index is 12.8. The molecule has 1 amide bonds. The Morgan fingerprint density at radius 3 is 2.42 bits per heavy atom. The third kappa shape index (κ3) is 4.08. The first kappa shape index (κ1) is 20.5. The molecule has 5 nitrogen and oxygen atoms in total. The summed E-state index contributed by atoms with van der Waals surface area (Å²) in [6, 6.07) is 9.81. The van der Waals surface area contributed by atoms with Crippen molar-refractivity contribution in [3.05, 3.63) is 42.2 Å². The summed E-state index contributed by atoms with van der Waals surface area (Å²) in [5.41, 5.74) is 2.53. The number of thioether (sulfide) groups is 1. The molecule has 160 valence electrons. The van der Waals surface area contributed by atoms with Crippen LogP contribution in [0.1, 0.15) is 51.0 Å². The van der Waals surface area contributed by atoms with Crippen molar-refractivity contribution >= 4 is 17.7 Å². The highest BCUT2D eigenvalue weighted by molar-refractivity contribution is 8.00. The average Bonchev–Trinajstić information content (AvgIpc) is 2.77. The number of nitriles is 1. The lowest BCUT2D eigenvalue weighted by molar-refractivity contribution is -0.123. The summed E-state index contributed by atoms with van der Waals surface area (Å²) in [5, 5.41) is 13.4. The highest BCUT2D eigenvalue weighted by atomic mass is 32.2. The van der Waals surface area contributed by atoms with Crippen molar-refractivity contribution < 1.29 is 4.79 Å². The molecule has 4 fully saturated rings. The summed E-state index contributed by atoms with van der Waals surface area (Å²) >= 11 is 1.35. The van der Waals surface area contributed by atoms with Gasteiger partial charge in [0.05, 0.1) is 17.0 Å². The van der Waals surface area contributed by atoms with Crippen molar-refractivity contribution in [2.45, 2.75) is 56.5 Å². The van der Waals surface area contributed by atoms with E-state index in [4.69, 9.17) is 0 Å². The number of nitrogens with one attached hydrogen (secondary N) is 1. The topological polar surface area (TPSA) is 78.7 Å². The van der Waals surface area contributed by atoms with Crippen molar-refractivity contribution in [3.63, 3.8) is 0 Å². The minimum atomic E-state index is 0.0354. The molecule has 0 radical (unpaired) electrons. The molecule has 1 N–H and O–H groups in total. The van der Waals surface area contributed by atoms with Crippen molar-refractivity contribution in [1.29, 1.82) is 5.26 Å². The van der Waals surface area contributed by atoms with E-state index >= 15 is 0 Å². The Hall–Kier alpha value is -2.39. The van der Waals surface area contributed by atoms with E-state index in [1.807, 2.05) is 18.2 Å². The third-order valence-corrected chi connectivity index (χ3v) is 8.67.